The summed E-state index contributed by atoms with van der Waals surface area (Å²) in [4.78, 5) is 15.5. The predicted octanol–water partition coefficient (Wildman–Crippen LogP) is 2.37. The van der Waals surface area contributed by atoms with E-state index < -0.39 is 11.4 Å². The van der Waals surface area contributed by atoms with Crippen LogP contribution in [-0.4, -0.2) is 16.1 Å². The van der Waals surface area contributed by atoms with Crippen LogP contribution in [-0.2, 0) is 10.2 Å². The fourth-order valence-electron chi connectivity index (χ4n) is 3.41. The normalized spacial score (nSPS) is 24.5. The lowest BCUT2D eigenvalue weighted by Crippen LogP contribution is -2.57. The molecule has 2 saturated carbocycles. The summed E-state index contributed by atoms with van der Waals surface area (Å²) < 4.78 is 0. The summed E-state index contributed by atoms with van der Waals surface area (Å²) in [5, 5.41) is 9.47. The van der Waals surface area contributed by atoms with Gasteiger partial charge in [-0.1, -0.05) is 6.42 Å². The molecule has 1 N–H and O–H groups in total. The number of hydrogen-bond acceptors (Lipinski definition) is 2. The number of aromatic nitrogens is 1. The fraction of sp³-hybridized carbons (Fsp3) is 0.538. The molecule has 84 valence electrons. The van der Waals surface area contributed by atoms with Crippen molar-refractivity contribution in [3.8, 4) is 0 Å². The molecule has 16 heavy (non-hydrogen) atoms. The van der Waals surface area contributed by atoms with E-state index in [-0.39, 0.29) is 0 Å². The maximum atomic E-state index is 11.5. The highest BCUT2D eigenvalue weighted by Crippen LogP contribution is 2.64. The van der Waals surface area contributed by atoms with Crippen molar-refractivity contribution in [1.82, 2.24) is 4.98 Å². The van der Waals surface area contributed by atoms with Gasteiger partial charge >= 0.3 is 5.97 Å². The first-order valence-electron chi connectivity index (χ1n) is 5.81. The number of carboxylic acids is 1. The lowest BCUT2D eigenvalue weighted by Gasteiger charge is -2.59. The SMILES string of the molecule is O=C(O)C1(c2ccncc2)CC2(CCC2)C1. The molecule has 0 aliphatic heterocycles. The van der Waals surface area contributed by atoms with Gasteiger partial charge in [-0.3, -0.25) is 9.78 Å². The third kappa shape index (κ3) is 1.14. The van der Waals surface area contributed by atoms with Gasteiger partial charge in [-0.05, 0) is 48.8 Å². The van der Waals surface area contributed by atoms with Crippen molar-refractivity contribution >= 4 is 5.97 Å². The summed E-state index contributed by atoms with van der Waals surface area (Å²) in [7, 11) is 0. The number of rotatable bonds is 2. The molecule has 3 rings (SSSR count). The van der Waals surface area contributed by atoms with Crippen LogP contribution in [0.25, 0.3) is 0 Å². The zero-order chi connectivity index (χ0) is 11.2. The highest BCUT2D eigenvalue weighted by molar-refractivity contribution is 5.83. The molecule has 0 unspecified atom stereocenters. The minimum Gasteiger partial charge on any atom is -0.481 e. The molecule has 1 heterocycles. The topological polar surface area (TPSA) is 50.2 Å². The Balaban J connectivity index is 1.92. The number of nitrogens with zero attached hydrogens (tertiary/aromatic N) is 1. The van der Waals surface area contributed by atoms with E-state index >= 15 is 0 Å². The molecule has 3 nitrogen and oxygen atoms in total. The smallest absolute Gasteiger partial charge is 0.314 e. The van der Waals surface area contributed by atoms with Crippen LogP contribution >= 0.6 is 0 Å². The molecule has 0 radical (unpaired) electrons. The number of carboxylic acid groups (broad SMARTS) is 1. The zero-order valence-corrected chi connectivity index (χ0v) is 9.15. The van der Waals surface area contributed by atoms with Crippen LogP contribution in [0.2, 0.25) is 0 Å². The van der Waals surface area contributed by atoms with Crippen LogP contribution in [0.1, 0.15) is 37.7 Å². The molecule has 2 fully saturated rings. The molecule has 0 saturated heterocycles. The second-order valence-corrected chi connectivity index (χ2v) is 5.33. The van der Waals surface area contributed by atoms with Crippen LogP contribution in [0.3, 0.4) is 0 Å². The van der Waals surface area contributed by atoms with Gasteiger partial charge in [0.15, 0.2) is 0 Å². The Kier molecular flexibility index (Phi) is 1.88. The van der Waals surface area contributed by atoms with E-state index in [1.807, 2.05) is 12.1 Å². The van der Waals surface area contributed by atoms with E-state index in [2.05, 4.69) is 4.98 Å². The summed E-state index contributed by atoms with van der Waals surface area (Å²) in [5.74, 6) is -0.670. The van der Waals surface area contributed by atoms with E-state index in [4.69, 9.17) is 0 Å². The fourth-order valence-corrected chi connectivity index (χ4v) is 3.41. The van der Waals surface area contributed by atoms with Gasteiger partial charge in [0.25, 0.3) is 0 Å². The van der Waals surface area contributed by atoms with Gasteiger partial charge in [0.05, 0.1) is 5.41 Å². The second kappa shape index (κ2) is 3.06. The van der Waals surface area contributed by atoms with Crippen molar-refractivity contribution in [2.45, 2.75) is 37.5 Å². The first kappa shape index (κ1) is 9.82. The quantitative estimate of drug-likeness (QED) is 0.827. The molecule has 0 atom stereocenters. The second-order valence-electron chi connectivity index (χ2n) is 5.33. The molecular weight excluding hydrogens is 202 g/mol. The van der Waals surface area contributed by atoms with Gasteiger partial charge in [0.1, 0.15) is 0 Å². The van der Waals surface area contributed by atoms with Crippen LogP contribution < -0.4 is 0 Å². The Hall–Kier alpha value is -1.38. The van der Waals surface area contributed by atoms with Crippen molar-refractivity contribution in [1.29, 1.82) is 0 Å². The Morgan fingerprint density at radius 3 is 2.31 bits per heavy atom. The predicted molar refractivity (Wildman–Crippen MR) is 59.1 cm³/mol. The number of pyridine rings is 1. The maximum Gasteiger partial charge on any atom is 0.314 e. The van der Waals surface area contributed by atoms with E-state index in [1.54, 1.807) is 12.4 Å². The molecule has 3 heteroatoms. The van der Waals surface area contributed by atoms with Crippen LogP contribution in [0.5, 0.6) is 0 Å². The highest BCUT2D eigenvalue weighted by Gasteiger charge is 2.61. The molecular formula is C13H15NO2. The summed E-state index contributed by atoms with van der Waals surface area (Å²) in [6.07, 6.45) is 8.71. The molecule has 1 spiro atoms. The number of hydrogen-bond donors (Lipinski definition) is 1. The lowest BCUT2D eigenvalue weighted by molar-refractivity contribution is -0.160. The van der Waals surface area contributed by atoms with Gasteiger partial charge in [0.2, 0.25) is 0 Å². The summed E-state index contributed by atoms with van der Waals surface area (Å²) in [6.45, 7) is 0. The first-order chi connectivity index (χ1) is 7.67. The average Bonchev–Trinajstić information content (AvgIpc) is 2.15. The molecule has 2 aliphatic rings. The molecule has 2 aliphatic carbocycles. The van der Waals surface area contributed by atoms with Crippen molar-refractivity contribution in [3.63, 3.8) is 0 Å². The monoisotopic (exact) mass is 217 g/mol. The molecule has 0 bridgehead atoms. The van der Waals surface area contributed by atoms with Crippen molar-refractivity contribution in [2.24, 2.45) is 5.41 Å². The highest BCUT2D eigenvalue weighted by atomic mass is 16.4. The first-order valence-corrected chi connectivity index (χ1v) is 5.81. The molecule has 0 aromatic carbocycles. The lowest BCUT2D eigenvalue weighted by atomic mass is 9.44. The Morgan fingerprint density at radius 1 is 1.25 bits per heavy atom. The minimum atomic E-state index is -0.670. The Bertz CT molecular complexity index is 415. The minimum absolute atomic E-state index is 0.363. The molecule has 1 aromatic rings. The third-order valence-electron chi connectivity index (χ3n) is 4.41. The molecule has 0 amide bonds. The van der Waals surface area contributed by atoms with E-state index in [1.165, 1.54) is 19.3 Å². The maximum absolute atomic E-state index is 11.5. The van der Waals surface area contributed by atoms with Crippen molar-refractivity contribution < 1.29 is 9.90 Å². The van der Waals surface area contributed by atoms with Gasteiger partial charge < -0.3 is 5.11 Å². The largest absolute Gasteiger partial charge is 0.481 e. The van der Waals surface area contributed by atoms with E-state index in [9.17, 15) is 9.90 Å². The number of aliphatic carboxylic acids is 1. The van der Waals surface area contributed by atoms with Crippen LogP contribution in [0, 0.1) is 5.41 Å². The van der Waals surface area contributed by atoms with Gasteiger partial charge in [-0.15, -0.1) is 0 Å². The third-order valence-corrected chi connectivity index (χ3v) is 4.41. The van der Waals surface area contributed by atoms with Gasteiger partial charge in [-0.25, -0.2) is 0 Å². The van der Waals surface area contributed by atoms with E-state index in [0.717, 1.165) is 18.4 Å². The van der Waals surface area contributed by atoms with Crippen molar-refractivity contribution in [3.05, 3.63) is 30.1 Å². The summed E-state index contributed by atoms with van der Waals surface area (Å²) in [5.41, 5.74) is 0.665. The van der Waals surface area contributed by atoms with Crippen LogP contribution in [0.15, 0.2) is 24.5 Å². The van der Waals surface area contributed by atoms with Crippen molar-refractivity contribution in [2.75, 3.05) is 0 Å². The van der Waals surface area contributed by atoms with E-state index in [0.29, 0.717) is 5.41 Å². The van der Waals surface area contributed by atoms with Crippen LogP contribution in [0.4, 0.5) is 0 Å². The standard InChI is InChI=1S/C13H15NO2/c15-11(16)13(10-2-6-14-7-3-10)8-12(9-13)4-1-5-12/h2-3,6-7H,1,4-5,8-9H2,(H,15,16). The molecule has 1 aromatic heterocycles. The Morgan fingerprint density at radius 2 is 1.88 bits per heavy atom. The summed E-state index contributed by atoms with van der Waals surface area (Å²) >= 11 is 0. The average molecular weight is 217 g/mol. The number of carbonyl (C=O) groups is 1. The van der Waals surface area contributed by atoms with Gasteiger partial charge in [-0.2, -0.15) is 0 Å². The Labute approximate surface area is 94.5 Å². The zero-order valence-electron chi connectivity index (χ0n) is 9.15. The summed E-state index contributed by atoms with van der Waals surface area (Å²) in [6, 6.07) is 3.69. The van der Waals surface area contributed by atoms with Gasteiger partial charge in [0, 0.05) is 12.4 Å².